The van der Waals surface area contributed by atoms with Crippen molar-refractivity contribution in [3.63, 3.8) is 0 Å². The van der Waals surface area contributed by atoms with Crippen LogP contribution in [-0.2, 0) is 11.2 Å². The number of carbonyl (C=O) groups excluding carboxylic acids is 2. The summed E-state index contributed by atoms with van der Waals surface area (Å²) in [5.74, 6) is -0.122. The Hall–Kier alpha value is -2.64. The Morgan fingerprint density at radius 2 is 1.81 bits per heavy atom. The summed E-state index contributed by atoms with van der Waals surface area (Å²) in [5, 5.41) is 3.08. The maximum absolute atomic E-state index is 12.2. The number of carbonyl (C=O) groups is 2. The highest BCUT2D eigenvalue weighted by atomic mass is 35.5. The molecule has 0 heterocycles. The fourth-order valence-electron chi connectivity index (χ4n) is 2.15. The van der Waals surface area contributed by atoms with E-state index >= 15 is 0 Å². The summed E-state index contributed by atoms with van der Waals surface area (Å²) in [6.45, 7) is 3.80. The zero-order valence-electron chi connectivity index (χ0n) is 14.9. The number of ether oxygens (including phenoxy) is 1. The summed E-state index contributed by atoms with van der Waals surface area (Å²) in [7, 11) is 0. The standard InChI is InChI=1S/C19H20ClN3O3S/c1-12(2)26-16-5-3-4-14(11-16)18(25)21-19(27)23-22-17(24)10-13-6-8-15(20)9-7-13/h3-9,11-12H,10H2,1-2H3,(H,22,24)(H2,21,23,25,27). The lowest BCUT2D eigenvalue weighted by atomic mass is 10.1. The summed E-state index contributed by atoms with van der Waals surface area (Å²) >= 11 is 10.8. The second-order valence-corrected chi connectivity index (χ2v) is 6.80. The first-order valence-corrected chi connectivity index (χ1v) is 9.03. The van der Waals surface area contributed by atoms with Gasteiger partial charge in [-0.2, -0.15) is 0 Å². The highest BCUT2D eigenvalue weighted by Gasteiger charge is 2.10. The number of thiocarbonyl (C=S) groups is 1. The second-order valence-electron chi connectivity index (χ2n) is 5.95. The molecule has 142 valence electrons. The first-order chi connectivity index (χ1) is 12.8. The molecule has 2 amide bonds. The summed E-state index contributed by atoms with van der Waals surface area (Å²) in [6, 6.07) is 13.7. The van der Waals surface area contributed by atoms with Gasteiger partial charge in [0.1, 0.15) is 5.75 Å². The Bertz CT molecular complexity index is 825. The zero-order chi connectivity index (χ0) is 19.8. The van der Waals surface area contributed by atoms with Crippen LogP contribution in [0.5, 0.6) is 5.75 Å². The van der Waals surface area contributed by atoms with Crippen LogP contribution in [0, 0.1) is 0 Å². The van der Waals surface area contributed by atoms with Crippen LogP contribution in [0.4, 0.5) is 0 Å². The zero-order valence-corrected chi connectivity index (χ0v) is 16.5. The quantitative estimate of drug-likeness (QED) is 0.526. The molecule has 8 heteroatoms. The van der Waals surface area contributed by atoms with Crippen LogP contribution in [0.1, 0.15) is 29.8 Å². The van der Waals surface area contributed by atoms with Gasteiger partial charge in [-0.05, 0) is 62.0 Å². The average Bonchev–Trinajstić information content (AvgIpc) is 2.61. The summed E-state index contributed by atoms with van der Waals surface area (Å²) < 4.78 is 5.56. The molecule has 0 saturated carbocycles. The third-order valence-electron chi connectivity index (χ3n) is 3.29. The fourth-order valence-corrected chi connectivity index (χ4v) is 2.42. The molecule has 0 spiro atoms. The van der Waals surface area contributed by atoms with Gasteiger partial charge in [-0.25, -0.2) is 0 Å². The number of rotatable bonds is 5. The molecule has 0 fully saturated rings. The minimum absolute atomic E-state index is 0.00177. The molecule has 0 aliphatic rings. The van der Waals surface area contributed by atoms with Gasteiger partial charge in [-0.3, -0.25) is 25.8 Å². The third-order valence-corrected chi connectivity index (χ3v) is 3.74. The van der Waals surface area contributed by atoms with Crippen LogP contribution >= 0.6 is 23.8 Å². The van der Waals surface area contributed by atoms with Crippen LogP contribution in [0.15, 0.2) is 48.5 Å². The van der Waals surface area contributed by atoms with Gasteiger partial charge in [0.05, 0.1) is 12.5 Å². The molecule has 0 saturated heterocycles. The molecule has 2 rings (SSSR count). The van der Waals surface area contributed by atoms with Crippen molar-refractivity contribution in [2.24, 2.45) is 0 Å². The van der Waals surface area contributed by atoms with E-state index in [2.05, 4.69) is 16.2 Å². The van der Waals surface area contributed by atoms with E-state index < -0.39 is 5.91 Å². The van der Waals surface area contributed by atoms with Gasteiger partial charge in [0.25, 0.3) is 5.91 Å². The van der Waals surface area contributed by atoms with Crippen molar-refractivity contribution in [2.75, 3.05) is 0 Å². The molecule has 2 aromatic rings. The highest BCUT2D eigenvalue weighted by Crippen LogP contribution is 2.14. The predicted molar refractivity (Wildman–Crippen MR) is 109 cm³/mol. The lowest BCUT2D eigenvalue weighted by molar-refractivity contribution is -0.121. The van der Waals surface area contributed by atoms with E-state index in [1.54, 1.807) is 48.5 Å². The molecule has 2 aromatic carbocycles. The predicted octanol–water partition coefficient (Wildman–Crippen LogP) is 3.01. The maximum Gasteiger partial charge on any atom is 0.257 e. The number of amides is 2. The molecule has 6 nitrogen and oxygen atoms in total. The Morgan fingerprint density at radius 1 is 1.11 bits per heavy atom. The Labute approximate surface area is 168 Å². The minimum atomic E-state index is -0.409. The monoisotopic (exact) mass is 405 g/mol. The van der Waals surface area contributed by atoms with E-state index in [1.165, 1.54) is 0 Å². The molecule has 0 aliphatic carbocycles. The van der Waals surface area contributed by atoms with Crippen LogP contribution in [-0.4, -0.2) is 23.0 Å². The van der Waals surface area contributed by atoms with Gasteiger partial charge < -0.3 is 4.74 Å². The number of hydrogen-bond acceptors (Lipinski definition) is 4. The molecule has 0 atom stereocenters. The number of nitrogens with one attached hydrogen (secondary N) is 3. The Kier molecular flexibility index (Phi) is 7.57. The topological polar surface area (TPSA) is 79.5 Å². The highest BCUT2D eigenvalue weighted by molar-refractivity contribution is 7.80. The van der Waals surface area contributed by atoms with Gasteiger partial charge in [0.15, 0.2) is 5.11 Å². The van der Waals surface area contributed by atoms with Crippen molar-refractivity contribution in [3.05, 3.63) is 64.7 Å². The van der Waals surface area contributed by atoms with E-state index in [9.17, 15) is 9.59 Å². The number of hydrogen-bond donors (Lipinski definition) is 3. The van der Waals surface area contributed by atoms with Gasteiger partial charge in [0.2, 0.25) is 5.91 Å². The summed E-state index contributed by atoms with van der Waals surface area (Å²) in [4.78, 5) is 24.2. The molecule has 3 N–H and O–H groups in total. The second kappa shape index (κ2) is 9.89. The van der Waals surface area contributed by atoms with E-state index in [1.807, 2.05) is 13.8 Å². The molecule has 0 unspecified atom stereocenters. The van der Waals surface area contributed by atoms with Gasteiger partial charge >= 0.3 is 0 Å². The van der Waals surface area contributed by atoms with Crippen LogP contribution < -0.4 is 20.9 Å². The van der Waals surface area contributed by atoms with Gasteiger partial charge in [-0.15, -0.1) is 0 Å². The van der Waals surface area contributed by atoms with Crippen molar-refractivity contribution in [2.45, 2.75) is 26.4 Å². The maximum atomic E-state index is 12.2. The van der Waals surface area contributed by atoms with Crippen LogP contribution in [0.25, 0.3) is 0 Å². The molecule has 0 aliphatic heterocycles. The smallest absolute Gasteiger partial charge is 0.257 e. The molecular weight excluding hydrogens is 386 g/mol. The first-order valence-electron chi connectivity index (χ1n) is 8.25. The van der Waals surface area contributed by atoms with Crippen LogP contribution in [0.2, 0.25) is 5.02 Å². The summed E-state index contributed by atoms with van der Waals surface area (Å²) in [5.41, 5.74) is 6.14. The van der Waals surface area contributed by atoms with Crippen molar-refractivity contribution in [3.8, 4) is 5.75 Å². The Morgan fingerprint density at radius 3 is 2.48 bits per heavy atom. The third kappa shape index (κ3) is 7.24. The van der Waals surface area contributed by atoms with Crippen molar-refractivity contribution in [1.82, 2.24) is 16.2 Å². The molecule has 27 heavy (non-hydrogen) atoms. The van der Waals surface area contributed by atoms with E-state index in [-0.39, 0.29) is 23.5 Å². The first kappa shape index (κ1) is 20.7. The number of hydrazine groups is 1. The number of benzene rings is 2. The fraction of sp³-hybridized carbons (Fsp3) is 0.211. The minimum Gasteiger partial charge on any atom is -0.491 e. The Balaban J connectivity index is 1.81. The SMILES string of the molecule is CC(C)Oc1cccc(C(=O)NC(=S)NNC(=O)Cc2ccc(Cl)cc2)c1. The average molecular weight is 406 g/mol. The molecule has 0 aromatic heterocycles. The normalized spacial score (nSPS) is 10.2. The summed E-state index contributed by atoms with van der Waals surface area (Å²) in [6.07, 6.45) is 0.150. The van der Waals surface area contributed by atoms with Crippen LogP contribution in [0.3, 0.4) is 0 Å². The van der Waals surface area contributed by atoms with E-state index in [4.69, 9.17) is 28.6 Å². The van der Waals surface area contributed by atoms with Crippen molar-refractivity contribution < 1.29 is 14.3 Å². The van der Waals surface area contributed by atoms with E-state index in [0.29, 0.717) is 16.3 Å². The molecule has 0 bridgehead atoms. The molecular formula is C19H20ClN3O3S. The van der Waals surface area contributed by atoms with E-state index in [0.717, 1.165) is 5.56 Å². The largest absolute Gasteiger partial charge is 0.491 e. The van der Waals surface area contributed by atoms with Gasteiger partial charge in [0, 0.05) is 10.6 Å². The molecule has 0 radical (unpaired) electrons. The number of halogens is 1. The lowest BCUT2D eigenvalue weighted by Crippen LogP contribution is -2.48. The van der Waals surface area contributed by atoms with Crippen molar-refractivity contribution >= 4 is 40.7 Å². The lowest BCUT2D eigenvalue weighted by Gasteiger charge is -2.12. The van der Waals surface area contributed by atoms with Crippen molar-refractivity contribution in [1.29, 1.82) is 0 Å². The van der Waals surface area contributed by atoms with Gasteiger partial charge in [-0.1, -0.05) is 29.8 Å².